The Labute approximate surface area is 180 Å². The Balaban J connectivity index is 1.38. The van der Waals surface area contributed by atoms with Gasteiger partial charge >= 0.3 is 0 Å². The number of fused-ring (bicyclic) bond motifs is 1. The van der Waals surface area contributed by atoms with Gasteiger partial charge in [0.2, 0.25) is 0 Å². The molecule has 9 nitrogen and oxygen atoms in total. The first-order valence-corrected chi connectivity index (χ1v) is 10.4. The second-order valence-electron chi connectivity index (χ2n) is 7.95. The molecule has 1 aliphatic heterocycles. The van der Waals surface area contributed by atoms with Crippen molar-refractivity contribution in [1.29, 1.82) is 0 Å². The van der Waals surface area contributed by atoms with Crippen LogP contribution in [0.25, 0.3) is 5.65 Å². The number of nitrogens with zero attached hydrogens (tertiary/aromatic N) is 4. The van der Waals surface area contributed by atoms with Gasteiger partial charge in [-0.1, -0.05) is 6.07 Å². The number of carbonyl (C=O) groups is 1. The van der Waals surface area contributed by atoms with Crippen LogP contribution in [0.5, 0.6) is 11.5 Å². The molecule has 0 atom stereocenters. The standard InChI is InChI=1S/C22H28N6O3/c1-14-9-22-25-17(11-20(23)28(22)26-14)16-5-7-27(8-6-16)12-15-3-4-18(19(10-15)30-2)31-13-21(24)29/h3-4,9-11,16H,5-8,12-13,23H2,1-2H3,(H2,24,29). The minimum atomic E-state index is -0.521. The topological polar surface area (TPSA) is 121 Å². The molecule has 4 N–H and O–H groups in total. The molecule has 0 spiro atoms. The molecule has 3 aromatic rings. The van der Waals surface area contributed by atoms with Crippen LogP contribution in [-0.4, -0.2) is 52.2 Å². The number of ether oxygens (including phenoxy) is 2. The van der Waals surface area contributed by atoms with Gasteiger partial charge in [-0.05, 0) is 50.6 Å². The molecule has 164 valence electrons. The predicted molar refractivity (Wildman–Crippen MR) is 117 cm³/mol. The van der Waals surface area contributed by atoms with Crippen LogP contribution in [-0.2, 0) is 11.3 Å². The van der Waals surface area contributed by atoms with Crippen LogP contribution in [0.4, 0.5) is 5.82 Å². The van der Waals surface area contributed by atoms with Crippen molar-refractivity contribution in [2.45, 2.75) is 32.2 Å². The second kappa shape index (κ2) is 8.81. The van der Waals surface area contributed by atoms with Gasteiger partial charge in [-0.3, -0.25) is 9.69 Å². The van der Waals surface area contributed by atoms with E-state index in [9.17, 15) is 4.79 Å². The van der Waals surface area contributed by atoms with E-state index in [1.807, 2.05) is 37.3 Å². The number of aryl methyl sites for hydroxylation is 1. The molecule has 31 heavy (non-hydrogen) atoms. The van der Waals surface area contributed by atoms with Crippen molar-refractivity contribution in [3.8, 4) is 11.5 Å². The summed E-state index contributed by atoms with van der Waals surface area (Å²) in [7, 11) is 1.58. The maximum atomic E-state index is 10.9. The van der Waals surface area contributed by atoms with E-state index < -0.39 is 5.91 Å². The molecule has 1 aromatic carbocycles. The number of nitrogens with two attached hydrogens (primary N) is 2. The van der Waals surface area contributed by atoms with E-state index in [0.717, 1.165) is 55.1 Å². The number of benzene rings is 1. The van der Waals surface area contributed by atoms with E-state index in [1.54, 1.807) is 11.6 Å². The Kier molecular flexibility index (Phi) is 5.94. The van der Waals surface area contributed by atoms with Gasteiger partial charge in [0.25, 0.3) is 5.91 Å². The maximum absolute atomic E-state index is 10.9. The van der Waals surface area contributed by atoms with Gasteiger partial charge in [-0.2, -0.15) is 9.61 Å². The quantitative estimate of drug-likeness (QED) is 0.594. The smallest absolute Gasteiger partial charge is 0.255 e. The Morgan fingerprint density at radius 1 is 1.19 bits per heavy atom. The Hall–Kier alpha value is -3.33. The van der Waals surface area contributed by atoms with Gasteiger partial charge in [0, 0.05) is 30.3 Å². The highest BCUT2D eigenvalue weighted by molar-refractivity contribution is 5.75. The number of nitrogen functional groups attached to an aromatic ring is 1. The normalized spacial score (nSPS) is 15.3. The molecule has 2 aromatic heterocycles. The molecule has 1 saturated heterocycles. The summed E-state index contributed by atoms with van der Waals surface area (Å²) in [5, 5.41) is 4.38. The number of amides is 1. The molecule has 0 unspecified atom stereocenters. The minimum Gasteiger partial charge on any atom is -0.493 e. The first-order chi connectivity index (χ1) is 14.9. The lowest BCUT2D eigenvalue weighted by Crippen LogP contribution is -2.32. The molecule has 1 fully saturated rings. The summed E-state index contributed by atoms with van der Waals surface area (Å²) in [6, 6.07) is 9.66. The molecule has 0 bridgehead atoms. The number of aromatic nitrogens is 3. The Bertz CT molecular complexity index is 1090. The lowest BCUT2D eigenvalue weighted by Gasteiger charge is -2.32. The zero-order chi connectivity index (χ0) is 22.0. The Morgan fingerprint density at radius 3 is 2.68 bits per heavy atom. The summed E-state index contributed by atoms with van der Waals surface area (Å²) in [6.07, 6.45) is 2.04. The zero-order valence-electron chi connectivity index (χ0n) is 17.9. The number of hydrogen-bond acceptors (Lipinski definition) is 7. The molecule has 3 heterocycles. The predicted octanol–water partition coefficient (Wildman–Crippen LogP) is 1.87. The summed E-state index contributed by atoms with van der Waals surface area (Å²) < 4.78 is 12.5. The molecule has 9 heteroatoms. The lowest BCUT2D eigenvalue weighted by atomic mass is 9.93. The highest BCUT2D eigenvalue weighted by Gasteiger charge is 2.23. The van der Waals surface area contributed by atoms with E-state index in [4.69, 9.17) is 25.9 Å². The van der Waals surface area contributed by atoms with Crippen molar-refractivity contribution in [2.24, 2.45) is 5.73 Å². The lowest BCUT2D eigenvalue weighted by molar-refractivity contribution is -0.119. The van der Waals surface area contributed by atoms with E-state index >= 15 is 0 Å². The van der Waals surface area contributed by atoms with E-state index in [-0.39, 0.29) is 6.61 Å². The van der Waals surface area contributed by atoms with Gasteiger partial charge in [-0.25, -0.2) is 4.98 Å². The molecular formula is C22H28N6O3. The molecular weight excluding hydrogens is 396 g/mol. The zero-order valence-corrected chi connectivity index (χ0v) is 17.9. The van der Waals surface area contributed by atoms with Crippen LogP contribution in [0, 0.1) is 6.92 Å². The summed E-state index contributed by atoms with van der Waals surface area (Å²) in [6.45, 7) is 4.52. The number of methoxy groups -OCH3 is 1. The van der Waals surface area contributed by atoms with Crippen LogP contribution in [0.3, 0.4) is 0 Å². The van der Waals surface area contributed by atoms with E-state index in [1.165, 1.54) is 0 Å². The van der Waals surface area contributed by atoms with Crippen LogP contribution in [0.2, 0.25) is 0 Å². The SMILES string of the molecule is COc1cc(CN2CCC(c3cc(N)n4nc(C)cc4n3)CC2)ccc1OCC(N)=O. The molecule has 1 amide bonds. The third kappa shape index (κ3) is 4.72. The summed E-state index contributed by atoms with van der Waals surface area (Å²) in [5.41, 5.74) is 15.2. The maximum Gasteiger partial charge on any atom is 0.255 e. The highest BCUT2D eigenvalue weighted by Crippen LogP contribution is 2.31. The van der Waals surface area contributed by atoms with Crippen molar-refractivity contribution in [1.82, 2.24) is 19.5 Å². The monoisotopic (exact) mass is 424 g/mol. The average molecular weight is 425 g/mol. The van der Waals surface area contributed by atoms with Crippen LogP contribution in [0.15, 0.2) is 30.3 Å². The first-order valence-electron chi connectivity index (χ1n) is 10.4. The number of primary amides is 1. The van der Waals surface area contributed by atoms with Gasteiger partial charge in [0.15, 0.2) is 23.8 Å². The van der Waals surface area contributed by atoms with Crippen molar-refractivity contribution in [3.63, 3.8) is 0 Å². The van der Waals surface area contributed by atoms with Crippen molar-refractivity contribution in [3.05, 3.63) is 47.3 Å². The second-order valence-corrected chi connectivity index (χ2v) is 7.95. The van der Waals surface area contributed by atoms with E-state index in [0.29, 0.717) is 23.2 Å². The van der Waals surface area contributed by atoms with Gasteiger partial charge in [-0.15, -0.1) is 0 Å². The van der Waals surface area contributed by atoms with Crippen LogP contribution >= 0.6 is 0 Å². The fourth-order valence-corrected chi connectivity index (χ4v) is 4.07. The first kappa shape index (κ1) is 20.9. The third-order valence-corrected chi connectivity index (χ3v) is 5.61. The summed E-state index contributed by atoms with van der Waals surface area (Å²) >= 11 is 0. The number of carbonyl (C=O) groups excluding carboxylic acids is 1. The van der Waals surface area contributed by atoms with Crippen LogP contribution < -0.4 is 20.9 Å². The largest absolute Gasteiger partial charge is 0.493 e. The Morgan fingerprint density at radius 2 is 1.97 bits per heavy atom. The summed E-state index contributed by atoms with van der Waals surface area (Å²) in [4.78, 5) is 18.2. The van der Waals surface area contributed by atoms with Gasteiger partial charge < -0.3 is 20.9 Å². The number of anilines is 1. The molecule has 0 radical (unpaired) electrons. The number of likely N-dealkylation sites (tertiary alicyclic amines) is 1. The fourth-order valence-electron chi connectivity index (χ4n) is 4.07. The minimum absolute atomic E-state index is 0.174. The van der Waals surface area contributed by atoms with Crippen molar-refractivity contribution < 1.29 is 14.3 Å². The van der Waals surface area contributed by atoms with Gasteiger partial charge in [0.1, 0.15) is 5.82 Å². The number of hydrogen-bond donors (Lipinski definition) is 2. The fraction of sp³-hybridized carbons (Fsp3) is 0.409. The van der Waals surface area contributed by atoms with Crippen molar-refractivity contribution >= 4 is 17.4 Å². The summed E-state index contributed by atoms with van der Waals surface area (Å²) in [5.74, 6) is 1.60. The third-order valence-electron chi connectivity index (χ3n) is 5.61. The van der Waals surface area contributed by atoms with Crippen molar-refractivity contribution in [2.75, 3.05) is 32.5 Å². The van der Waals surface area contributed by atoms with E-state index in [2.05, 4.69) is 10.00 Å². The van der Waals surface area contributed by atoms with Gasteiger partial charge in [0.05, 0.1) is 12.8 Å². The average Bonchev–Trinajstić information content (AvgIpc) is 3.14. The number of piperidine rings is 1. The molecule has 4 rings (SSSR count). The molecule has 0 saturated carbocycles. The number of rotatable bonds is 7. The molecule has 0 aliphatic carbocycles. The molecule has 1 aliphatic rings. The highest BCUT2D eigenvalue weighted by atomic mass is 16.5. The van der Waals surface area contributed by atoms with Crippen LogP contribution in [0.1, 0.15) is 35.7 Å².